The molecule has 2 aromatic carbocycles. The van der Waals surface area contributed by atoms with Crippen molar-refractivity contribution in [3.63, 3.8) is 0 Å². The van der Waals surface area contributed by atoms with Crippen molar-refractivity contribution in [1.29, 1.82) is 0 Å². The second-order valence-corrected chi connectivity index (χ2v) is 5.90. The van der Waals surface area contributed by atoms with Gasteiger partial charge in [0.05, 0.1) is 13.7 Å². The molecule has 3 amide bonds. The summed E-state index contributed by atoms with van der Waals surface area (Å²) in [6.07, 6.45) is 0. The molecule has 1 saturated heterocycles. The molecule has 130 valence electrons. The van der Waals surface area contributed by atoms with E-state index in [9.17, 15) is 9.59 Å². The van der Waals surface area contributed by atoms with Gasteiger partial charge in [-0.1, -0.05) is 30.3 Å². The molecule has 1 aliphatic rings. The first kappa shape index (κ1) is 16.8. The second-order valence-electron chi connectivity index (χ2n) is 5.90. The van der Waals surface area contributed by atoms with E-state index >= 15 is 0 Å². The van der Waals surface area contributed by atoms with Crippen LogP contribution in [0.2, 0.25) is 0 Å². The SMILES string of the molecule is COc1ccc(OCCN2C(=O)NC(C)(c3ccccc3)C2=O)cc1. The first-order chi connectivity index (χ1) is 12.0. The van der Waals surface area contributed by atoms with Crippen LogP contribution in [0.1, 0.15) is 12.5 Å². The molecule has 0 radical (unpaired) electrons. The van der Waals surface area contributed by atoms with Crippen LogP contribution in [-0.2, 0) is 10.3 Å². The molecule has 1 N–H and O–H groups in total. The lowest BCUT2D eigenvalue weighted by molar-refractivity contribution is -0.131. The number of carbonyl (C=O) groups excluding carboxylic acids is 2. The van der Waals surface area contributed by atoms with E-state index in [1.165, 1.54) is 4.90 Å². The quantitative estimate of drug-likeness (QED) is 0.821. The molecule has 1 unspecified atom stereocenters. The van der Waals surface area contributed by atoms with Crippen LogP contribution in [0.25, 0.3) is 0 Å². The Morgan fingerprint density at radius 2 is 1.64 bits per heavy atom. The van der Waals surface area contributed by atoms with Gasteiger partial charge in [-0.05, 0) is 36.8 Å². The first-order valence-corrected chi connectivity index (χ1v) is 8.01. The predicted molar refractivity (Wildman–Crippen MR) is 92.5 cm³/mol. The predicted octanol–water partition coefficient (Wildman–Crippen LogP) is 2.54. The van der Waals surface area contributed by atoms with E-state index in [2.05, 4.69) is 5.32 Å². The molecule has 0 aliphatic carbocycles. The Morgan fingerprint density at radius 1 is 1.00 bits per heavy atom. The molecule has 2 aromatic rings. The van der Waals surface area contributed by atoms with Crippen molar-refractivity contribution in [3.05, 3.63) is 60.2 Å². The van der Waals surface area contributed by atoms with E-state index in [4.69, 9.17) is 9.47 Å². The molecule has 1 atom stereocenters. The lowest BCUT2D eigenvalue weighted by atomic mass is 9.92. The number of methoxy groups -OCH3 is 1. The van der Waals surface area contributed by atoms with Gasteiger partial charge in [-0.2, -0.15) is 0 Å². The summed E-state index contributed by atoms with van der Waals surface area (Å²) in [5.41, 5.74) is -0.287. The Balaban J connectivity index is 1.63. The Hall–Kier alpha value is -3.02. The Kier molecular flexibility index (Phi) is 4.61. The number of amides is 3. The molecule has 3 rings (SSSR count). The van der Waals surface area contributed by atoms with Gasteiger partial charge >= 0.3 is 6.03 Å². The fourth-order valence-corrected chi connectivity index (χ4v) is 2.79. The highest BCUT2D eigenvalue weighted by atomic mass is 16.5. The molecule has 1 heterocycles. The molecule has 1 aliphatic heterocycles. The maximum Gasteiger partial charge on any atom is 0.325 e. The summed E-state index contributed by atoms with van der Waals surface area (Å²) in [6.45, 7) is 2.11. The highest BCUT2D eigenvalue weighted by Gasteiger charge is 2.48. The van der Waals surface area contributed by atoms with Gasteiger partial charge in [0.1, 0.15) is 23.6 Å². The van der Waals surface area contributed by atoms with Crippen molar-refractivity contribution in [2.45, 2.75) is 12.5 Å². The summed E-state index contributed by atoms with van der Waals surface area (Å²) in [7, 11) is 1.59. The zero-order valence-electron chi connectivity index (χ0n) is 14.2. The van der Waals surface area contributed by atoms with Crippen molar-refractivity contribution in [2.24, 2.45) is 0 Å². The van der Waals surface area contributed by atoms with E-state index in [0.29, 0.717) is 5.75 Å². The van der Waals surface area contributed by atoms with Gasteiger partial charge in [-0.25, -0.2) is 4.79 Å². The Labute approximate surface area is 146 Å². The number of urea groups is 1. The second kappa shape index (κ2) is 6.84. The third-order valence-electron chi connectivity index (χ3n) is 4.27. The van der Waals surface area contributed by atoms with Crippen LogP contribution in [0, 0.1) is 0 Å². The van der Waals surface area contributed by atoms with Crippen LogP contribution < -0.4 is 14.8 Å². The number of benzene rings is 2. The fourth-order valence-electron chi connectivity index (χ4n) is 2.79. The van der Waals surface area contributed by atoms with Gasteiger partial charge in [0, 0.05) is 0 Å². The zero-order valence-corrected chi connectivity index (χ0v) is 14.2. The van der Waals surface area contributed by atoms with Gasteiger partial charge in [0.2, 0.25) is 0 Å². The summed E-state index contributed by atoms with van der Waals surface area (Å²) < 4.78 is 10.7. The van der Waals surface area contributed by atoms with Crippen LogP contribution in [0.5, 0.6) is 11.5 Å². The topological polar surface area (TPSA) is 67.9 Å². The van der Waals surface area contributed by atoms with Crippen LogP contribution in [0.3, 0.4) is 0 Å². The third-order valence-corrected chi connectivity index (χ3v) is 4.27. The lowest BCUT2D eigenvalue weighted by Crippen LogP contribution is -2.41. The Bertz CT molecular complexity index is 761. The molecule has 0 bridgehead atoms. The maximum absolute atomic E-state index is 12.7. The molecule has 0 saturated carbocycles. The highest BCUT2D eigenvalue weighted by Crippen LogP contribution is 2.28. The lowest BCUT2D eigenvalue weighted by Gasteiger charge is -2.22. The van der Waals surface area contributed by atoms with Crippen LogP contribution in [0.15, 0.2) is 54.6 Å². The van der Waals surface area contributed by atoms with Gasteiger partial charge in [-0.15, -0.1) is 0 Å². The number of carbonyl (C=O) groups is 2. The number of rotatable bonds is 6. The van der Waals surface area contributed by atoms with Crippen LogP contribution >= 0.6 is 0 Å². The van der Waals surface area contributed by atoms with E-state index in [0.717, 1.165) is 11.3 Å². The van der Waals surface area contributed by atoms with E-state index in [1.807, 2.05) is 30.3 Å². The largest absolute Gasteiger partial charge is 0.497 e. The van der Waals surface area contributed by atoms with Crippen molar-refractivity contribution in [2.75, 3.05) is 20.3 Å². The highest BCUT2D eigenvalue weighted by molar-refractivity contribution is 6.07. The summed E-state index contributed by atoms with van der Waals surface area (Å²) in [4.78, 5) is 26.1. The smallest absolute Gasteiger partial charge is 0.325 e. The first-order valence-electron chi connectivity index (χ1n) is 8.01. The number of hydrogen-bond donors (Lipinski definition) is 1. The molecule has 0 spiro atoms. The molecule has 1 fully saturated rings. The molecule has 6 heteroatoms. The number of ether oxygens (including phenoxy) is 2. The molecule has 6 nitrogen and oxygen atoms in total. The van der Waals surface area contributed by atoms with Crippen molar-refractivity contribution in [1.82, 2.24) is 10.2 Å². The third kappa shape index (κ3) is 3.28. The van der Waals surface area contributed by atoms with E-state index < -0.39 is 11.6 Å². The zero-order chi connectivity index (χ0) is 17.9. The summed E-state index contributed by atoms with van der Waals surface area (Å²) in [6, 6.07) is 15.9. The summed E-state index contributed by atoms with van der Waals surface area (Å²) >= 11 is 0. The molecule has 25 heavy (non-hydrogen) atoms. The standard InChI is InChI=1S/C19H20N2O4/c1-19(14-6-4-3-5-7-14)17(22)21(18(23)20-19)12-13-25-16-10-8-15(24-2)9-11-16/h3-11H,12-13H2,1-2H3,(H,20,23). The number of imide groups is 1. The van der Waals surface area contributed by atoms with E-state index in [1.54, 1.807) is 38.3 Å². The van der Waals surface area contributed by atoms with Crippen molar-refractivity contribution in [3.8, 4) is 11.5 Å². The summed E-state index contributed by atoms with van der Waals surface area (Å²) in [5.74, 6) is 1.11. The van der Waals surface area contributed by atoms with Crippen LogP contribution in [-0.4, -0.2) is 37.1 Å². The van der Waals surface area contributed by atoms with E-state index in [-0.39, 0.29) is 19.1 Å². The minimum atomic E-state index is -1.04. The van der Waals surface area contributed by atoms with Gasteiger partial charge in [-0.3, -0.25) is 9.69 Å². The summed E-state index contributed by atoms with van der Waals surface area (Å²) in [5, 5.41) is 2.78. The number of nitrogens with one attached hydrogen (secondary N) is 1. The molecular weight excluding hydrogens is 320 g/mol. The monoisotopic (exact) mass is 340 g/mol. The molecular formula is C19H20N2O4. The minimum absolute atomic E-state index is 0.180. The average molecular weight is 340 g/mol. The number of nitrogens with zero attached hydrogens (tertiary/aromatic N) is 1. The minimum Gasteiger partial charge on any atom is -0.497 e. The van der Waals surface area contributed by atoms with Gasteiger partial charge < -0.3 is 14.8 Å². The van der Waals surface area contributed by atoms with Gasteiger partial charge in [0.15, 0.2) is 0 Å². The fraction of sp³-hybridized carbons (Fsp3) is 0.263. The average Bonchev–Trinajstić information content (AvgIpc) is 2.87. The van der Waals surface area contributed by atoms with Crippen LogP contribution in [0.4, 0.5) is 4.79 Å². The maximum atomic E-state index is 12.7. The van der Waals surface area contributed by atoms with Gasteiger partial charge in [0.25, 0.3) is 5.91 Å². The Morgan fingerprint density at radius 3 is 2.28 bits per heavy atom. The molecule has 0 aromatic heterocycles. The van der Waals surface area contributed by atoms with Crippen molar-refractivity contribution < 1.29 is 19.1 Å². The van der Waals surface area contributed by atoms with Crippen molar-refractivity contribution >= 4 is 11.9 Å². The number of hydrogen-bond acceptors (Lipinski definition) is 4. The normalized spacial score (nSPS) is 19.7.